The van der Waals surface area contributed by atoms with Gasteiger partial charge >= 0.3 is 11.9 Å². The maximum absolute atomic E-state index is 13.2. The third-order valence-corrected chi connectivity index (χ3v) is 6.98. The van der Waals surface area contributed by atoms with Crippen LogP contribution in [0.2, 0.25) is 0 Å². The van der Waals surface area contributed by atoms with Gasteiger partial charge in [0.05, 0.1) is 17.9 Å². The van der Waals surface area contributed by atoms with Crippen molar-refractivity contribution < 1.29 is 28.2 Å². The quantitative estimate of drug-likeness (QED) is 0.755. The van der Waals surface area contributed by atoms with Gasteiger partial charge < -0.3 is 18.6 Å². The van der Waals surface area contributed by atoms with Crippen molar-refractivity contribution in [3.05, 3.63) is 35.3 Å². The number of methoxy groups -OCH3 is 1. The fraction of sp³-hybridized carbons (Fsp3) is 0.600. The molecule has 138 valence electrons. The highest BCUT2D eigenvalue weighted by atomic mass is 16.7. The Labute approximate surface area is 151 Å². The molecule has 0 bridgehead atoms. The first-order valence-electron chi connectivity index (χ1n) is 9.27. The third kappa shape index (κ3) is 1.80. The van der Waals surface area contributed by atoms with Gasteiger partial charge in [0, 0.05) is 42.6 Å². The van der Waals surface area contributed by atoms with Gasteiger partial charge in [-0.05, 0) is 31.2 Å². The number of fused-ring (bicyclic) bond motifs is 1. The normalized spacial score (nSPS) is 41.4. The lowest BCUT2D eigenvalue weighted by Gasteiger charge is -2.51. The Morgan fingerprint density at radius 2 is 2.12 bits per heavy atom. The second kappa shape index (κ2) is 5.22. The van der Waals surface area contributed by atoms with Crippen LogP contribution in [-0.2, 0) is 23.8 Å². The Bertz CT molecular complexity index is 808. The molecular weight excluding hydrogens is 336 g/mol. The number of carbonyl (C=O) groups excluding carboxylic acids is 2. The number of carbonyl (C=O) groups is 2. The van der Waals surface area contributed by atoms with Gasteiger partial charge in [0.1, 0.15) is 6.10 Å². The fourth-order valence-corrected chi connectivity index (χ4v) is 5.78. The van der Waals surface area contributed by atoms with E-state index in [2.05, 4.69) is 6.92 Å². The summed E-state index contributed by atoms with van der Waals surface area (Å²) in [5.41, 5.74) is 1.86. The van der Waals surface area contributed by atoms with Gasteiger partial charge in [0.2, 0.25) is 5.79 Å². The Morgan fingerprint density at radius 1 is 1.27 bits per heavy atom. The maximum atomic E-state index is 13.2. The summed E-state index contributed by atoms with van der Waals surface area (Å²) in [5.74, 6) is -1.56. The number of hydrogen-bond donors (Lipinski definition) is 0. The summed E-state index contributed by atoms with van der Waals surface area (Å²) in [7, 11) is 1.58. The van der Waals surface area contributed by atoms with E-state index in [-0.39, 0.29) is 29.9 Å². The lowest BCUT2D eigenvalue weighted by molar-refractivity contribution is -0.217. The van der Waals surface area contributed by atoms with Crippen molar-refractivity contribution in [1.82, 2.24) is 0 Å². The Balaban J connectivity index is 1.63. The maximum Gasteiger partial charge on any atom is 0.336 e. The number of cyclic esters (lactones) is 1. The minimum Gasteiger partial charge on any atom is -0.472 e. The lowest BCUT2D eigenvalue weighted by Crippen LogP contribution is -2.55. The van der Waals surface area contributed by atoms with E-state index < -0.39 is 11.2 Å². The third-order valence-electron chi connectivity index (χ3n) is 6.98. The van der Waals surface area contributed by atoms with Crippen LogP contribution in [0.5, 0.6) is 0 Å². The predicted molar refractivity (Wildman–Crippen MR) is 88.6 cm³/mol. The van der Waals surface area contributed by atoms with E-state index in [1.54, 1.807) is 19.6 Å². The monoisotopic (exact) mass is 358 g/mol. The molecular formula is C20H22O6. The summed E-state index contributed by atoms with van der Waals surface area (Å²) in [6.45, 7) is 2.05. The van der Waals surface area contributed by atoms with Crippen molar-refractivity contribution >= 4 is 11.9 Å². The molecule has 1 aromatic heterocycles. The standard InChI is InChI=1S/C20H22O6/c1-11-8-20(23-2)16-13(17(21)26-20)4-3-5-14(16)19(11)9-15(25-18(19)22)12-6-7-24-10-12/h6-7,10-11,14-15H,3-5,8-9H2,1-2H3/t11-,14-,15+,19-,20-/m1/s1. The second-order valence-electron chi connectivity index (χ2n) is 7.98. The van der Waals surface area contributed by atoms with E-state index in [0.29, 0.717) is 24.8 Å². The van der Waals surface area contributed by atoms with Gasteiger partial charge in [-0.3, -0.25) is 4.79 Å². The highest BCUT2D eigenvalue weighted by Crippen LogP contribution is 2.65. The van der Waals surface area contributed by atoms with E-state index in [4.69, 9.17) is 18.6 Å². The first-order chi connectivity index (χ1) is 12.5. The van der Waals surface area contributed by atoms with Crippen LogP contribution in [0, 0.1) is 17.3 Å². The molecule has 2 aliphatic carbocycles. The molecule has 1 saturated heterocycles. The number of rotatable bonds is 2. The molecule has 3 heterocycles. The molecule has 2 aliphatic heterocycles. The first-order valence-corrected chi connectivity index (χ1v) is 9.27. The minimum absolute atomic E-state index is 0.0224. The smallest absolute Gasteiger partial charge is 0.336 e. The van der Waals surface area contributed by atoms with Gasteiger partial charge in [-0.2, -0.15) is 0 Å². The summed E-state index contributed by atoms with van der Waals surface area (Å²) in [6, 6.07) is 1.84. The molecule has 0 amide bonds. The van der Waals surface area contributed by atoms with Crippen molar-refractivity contribution in [2.75, 3.05) is 7.11 Å². The van der Waals surface area contributed by atoms with Gasteiger partial charge in [0.15, 0.2) is 0 Å². The van der Waals surface area contributed by atoms with Crippen LogP contribution in [0.25, 0.3) is 0 Å². The van der Waals surface area contributed by atoms with Crippen LogP contribution in [0.3, 0.4) is 0 Å². The molecule has 6 nitrogen and oxygen atoms in total. The van der Waals surface area contributed by atoms with Crippen LogP contribution < -0.4 is 0 Å². The minimum atomic E-state index is -1.00. The molecule has 0 radical (unpaired) electrons. The van der Waals surface area contributed by atoms with Gasteiger partial charge in [-0.15, -0.1) is 0 Å². The summed E-state index contributed by atoms with van der Waals surface area (Å²) in [4.78, 5) is 25.7. The summed E-state index contributed by atoms with van der Waals surface area (Å²) in [5, 5.41) is 0. The van der Waals surface area contributed by atoms with Crippen molar-refractivity contribution in [2.24, 2.45) is 17.3 Å². The molecule has 26 heavy (non-hydrogen) atoms. The van der Waals surface area contributed by atoms with E-state index in [1.807, 2.05) is 6.07 Å². The number of furan rings is 1. The van der Waals surface area contributed by atoms with Crippen molar-refractivity contribution in [2.45, 2.75) is 50.9 Å². The second-order valence-corrected chi connectivity index (χ2v) is 7.98. The molecule has 1 saturated carbocycles. The fourth-order valence-electron chi connectivity index (χ4n) is 5.78. The molecule has 6 heteroatoms. The van der Waals surface area contributed by atoms with E-state index >= 15 is 0 Å². The van der Waals surface area contributed by atoms with Crippen molar-refractivity contribution in [3.63, 3.8) is 0 Å². The van der Waals surface area contributed by atoms with E-state index in [0.717, 1.165) is 24.0 Å². The zero-order valence-corrected chi connectivity index (χ0v) is 14.9. The van der Waals surface area contributed by atoms with Gasteiger partial charge in [0.25, 0.3) is 0 Å². The number of hydrogen-bond acceptors (Lipinski definition) is 6. The Morgan fingerprint density at radius 3 is 2.85 bits per heavy atom. The zero-order chi connectivity index (χ0) is 18.1. The van der Waals surface area contributed by atoms with Gasteiger partial charge in [-0.25, -0.2) is 4.79 Å². The summed E-state index contributed by atoms with van der Waals surface area (Å²) in [6.07, 6.45) is 6.42. The van der Waals surface area contributed by atoms with Crippen molar-refractivity contribution in [1.29, 1.82) is 0 Å². The molecule has 2 fully saturated rings. The number of ether oxygens (including phenoxy) is 3. The Hall–Kier alpha value is -2.08. The SMILES string of the molecule is CO[C@@]12C[C@@H](C)[C@]3(C[C@@H](c4ccoc4)OC3=O)[C@@H]3CCCC(=C31)C(=O)O2. The molecule has 5 rings (SSSR count). The average Bonchev–Trinajstić information content (AvgIpc) is 3.33. The summed E-state index contributed by atoms with van der Waals surface area (Å²) >= 11 is 0. The average molecular weight is 358 g/mol. The van der Waals surface area contributed by atoms with E-state index in [1.165, 1.54) is 0 Å². The first kappa shape index (κ1) is 16.1. The molecule has 0 N–H and O–H groups in total. The van der Waals surface area contributed by atoms with Crippen molar-refractivity contribution in [3.8, 4) is 0 Å². The van der Waals surface area contributed by atoms with Crippen LogP contribution >= 0.6 is 0 Å². The molecule has 5 atom stereocenters. The van der Waals surface area contributed by atoms with Crippen LogP contribution in [0.15, 0.2) is 34.2 Å². The highest BCUT2D eigenvalue weighted by molar-refractivity contribution is 5.94. The lowest BCUT2D eigenvalue weighted by atomic mass is 9.53. The van der Waals surface area contributed by atoms with Crippen LogP contribution in [-0.4, -0.2) is 24.8 Å². The Kier molecular flexibility index (Phi) is 3.24. The van der Waals surface area contributed by atoms with Gasteiger partial charge in [-0.1, -0.05) is 6.92 Å². The highest BCUT2D eigenvalue weighted by Gasteiger charge is 2.68. The molecule has 1 aromatic rings. The van der Waals surface area contributed by atoms with Crippen LogP contribution in [0.1, 0.15) is 50.7 Å². The van der Waals surface area contributed by atoms with E-state index in [9.17, 15) is 9.59 Å². The number of esters is 2. The topological polar surface area (TPSA) is 75.0 Å². The predicted octanol–water partition coefficient (Wildman–Crippen LogP) is 3.29. The zero-order valence-electron chi connectivity index (χ0n) is 14.9. The van der Waals surface area contributed by atoms with Crippen LogP contribution in [0.4, 0.5) is 0 Å². The molecule has 0 unspecified atom stereocenters. The molecule has 4 aliphatic rings. The molecule has 0 aromatic carbocycles. The molecule has 1 spiro atoms. The summed E-state index contributed by atoms with van der Waals surface area (Å²) < 4.78 is 22.5. The largest absolute Gasteiger partial charge is 0.472 e.